The Labute approximate surface area is 88.6 Å². The van der Waals surface area contributed by atoms with Crippen molar-refractivity contribution in [1.29, 1.82) is 0 Å². The smallest absolute Gasteiger partial charge is 0.241 e. The largest absolute Gasteiger partial charge is 0.416 e. The zero-order valence-electron chi connectivity index (χ0n) is 8.14. The summed E-state index contributed by atoms with van der Waals surface area (Å²) in [6, 6.07) is 2.30. The fourth-order valence-corrected chi connectivity index (χ4v) is 2.42. The van der Waals surface area contributed by atoms with Gasteiger partial charge in [-0.3, -0.25) is 0 Å². The van der Waals surface area contributed by atoms with Crippen LogP contribution in [-0.2, 0) is 6.18 Å². The van der Waals surface area contributed by atoms with Gasteiger partial charge in [-0.25, -0.2) is 4.98 Å². The number of thiazole rings is 1. The first-order chi connectivity index (χ1) is 6.88. The Kier molecular flexibility index (Phi) is 2.22. The lowest BCUT2D eigenvalue weighted by Crippen LogP contribution is -2.04. The fraction of sp³-hybridized carbons (Fsp3) is 0.300. The molecular formula is C10H8F3NS. The number of aryl methyl sites for hydroxylation is 2. The van der Waals surface area contributed by atoms with Gasteiger partial charge in [0.05, 0.1) is 20.8 Å². The van der Waals surface area contributed by atoms with E-state index in [2.05, 4.69) is 4.98 Å². The van der Waals surface area contributed by atoms with E-state index in [1.54, 1.807) is 13.8 Å². The fourth-order valence-electron chi connectivity index (χ4n) is 1.47. The molecule has 0 aliphatic rings. The number of hydrogen-bond donors (Lipinski definition) is 0. The summed E-state index contributed by atoms with van der Waals surface area (Å²) in [6.45, 7) is 3.44. The predicted octanol–water partition coefficient (Wildman–Crippen LogP) is 3.93. The van der Waals surface area contributed by atoms with Crippen LogP contribution in [0, 0.1) is 13.8 Å². The van der Waals surface area contributed by atoms with Gasteiger partial charge in [0, 0.05) is 0 Å². The highest BCUT2D eigenvalue weighted by molar-refractivity contribution is 7.18. The van der Waals surface area contributed by atoms with E-state index in [0.717, 1.165) is 17.1 Å². The lowest BCUT2D eigenvalue weighted by Gasteiger charge is -2.07. The number of fused-ring (bicyclic) bond motifs is 1. The van der Waals surface area contributed by atoms with Crippen molar-refractivity contribution in [2.75, 3.05) is 0 Å². The molecule has 80 valence electrons. The summed E-state index contributed by atoms with van der Waals surface area (Å²) < 4.78 is 38.1. The zero-order valence-corrected chi connectivity index (χ0v) is 8.96. The molecule has 0 spiro atoms. The maximum Gasteiger partial charge on any atom is 0.416 e. The minimum Gasteiger partial charge on any atom is -0.241 e. The summed E-state index contributed by atoms with van der Waals surface area (Å²) in [4.78, 5) is 4.19. The topological polar surface area (TPSA) is 12.9 Å². The molecule has 0 unspecified atom stereocenters. The first-order valence-corrected chi connectivity index (χ1v) is 5.14. The first-order valence-electron chi connectivity index (χ1n) is 4.33. The van der Waals surface area contributed by atoms with Gasteiger partial charge in [0.25, 0.3) is 0 Å². The Balaban J connectivity index is 2.72. The van der Waals surface area contributed by atoms with Crippen LogP contribution in [-0.4, -0.2) is 4.98 Å². The quantitative estimate of drug-likeness (QED) is 0.669. The van der Waals surface area contributed by atoms with Crippen LogP contribution in [0.25, 0.3) is 10.2 Å². The lowest BCUT2D eigenvalue weighted by atomic mass is 10.1. The number of benzene rings is 1. The van der Waals surface area contributed by atoms with E-state index in [-0.39, 0.29) is 0 Å². The van der Waals surface area contributed by atoms with Gasteiger partial charge in [-0.05, 0) is 31.5 Å². The Morgan fingerprint density at radius 2 is 1.87 bits per heavy atom. The van der Waals surface area contributed by atoms with Crippen LogP contribution in [0.2, 0.25) is 0 Å². The molecule has 0 bridgehead atoms. The lowest BCUT2D eigenvalue weighted by molar-refractivity contribution is -0.137. The monoisotopic (exact) mass is 231 g/mol. The standard InChI is InChI=1S/C10H8F3NS/c1-5-3-7(10(11,12)13)4-8-9(5)14-6(2)15-8/h3-4H,1-2H3. The molecule has 0 amide bonds. The molecule has 0 fully saturated rings. The number of hydrogen-bond acceptors (Lipinski definition) is 2. The molecule has 0 saturated heterocycles. The molecule has 5 heteroatoms. The van der Waals surface area contributed by atoms with E-state index in [1.165, 1.54) is 11.3 Å². The third-order valence-electron chi connectivity index (χ3n) is 2.12. The van der Waals surface area contributed by atoms with Crippen molar-refractivity contribution in [2.45, 2.75) is 20.0 Å². The van der Waals surface area contributed by atoms with E-state index in [0.29, 0.717) is 15.8 Å². The van der Waals surface area contributed by atoms with Crippen LogP contribution in [0.1, 0.15) is 16.1 Å². The molecule has 2 rings (SSSR count). The van der Waals surface area contributed by atoms with Gasteiger partial charge < -0.3 is 0 Å². The second-order valence-corrected chi connectivity index (χ2v) is 4.61. The van der Waals surface area contributed by atoms with Crippen molar-refractivity contribution in [1.82, 2.24) is 4.98 Å². The third kappa shape index (κ3) is 1.84. The van der Waals surface area contributed by atoms with Crippen molar-refractivity contribution in [2.24, 2.45) is 0 Å². The minimum absolute atomic E-state index is 0.573. The van der Waals surface area contributed by atoms with Gasteiger partial charge in [0.15, 0.2) is 0 Å². The summed E-state index contributed by atoms with van der Waals surface area (Å²) in [6.07, 6.45) is -4.28. The number of alkyl halides is 3. The summed E-state index contributed by atoms with van der Waals surface area (Å²) in [5.74, 6) is 0. The first kappa shape index (κ1) is 10.4. The van der Waals surface area contributed by atoms with E-state index < -0.39 is 11.7 Å². The zero-order chi connectivity index (χ0) is 11.2. The van der Waals surface area contributed by atoms with E-state index in [4.69, 9.17) is 0 Å². The summed E-state index contributed by atoms with van der Waals surface area (Å²) >= 11 is 1.29. The number of rotatable bonds is 0. The highest BCUT2D eigenvalue weighted by Gasteiger charge is 2.31. The van der Waals surface area contributed by atoms with Crippen LogP contribution >= 0.6 is 11.3 Å². The van der Waals surface area contributed by atoms with E-state index >= 15 is 0 Å². The molecule has 0 saturated carbocycles. The third-order valence-corrected chi connectivity index (χ3v) is 3.04. The molecule has 0 aliphatic carbocycles. The number of aromatic nitrogens is 1. The Hall–Kier alpha value is -1.10. The molecule has 2 aromatic rings. The molecule has 1 aromatic heterocycles. The molecule has 0 radical (unpaired) electrons. The second kappa shape index (κ2) is 3.20. The van der Waals surface area contributed by atoms with Crippen LogP contribution < -0.4 is 0 Å². The average Bonchev–Trinajstić information content (AvgIpc) is 2.44. The molecule has 1 heterocycles. The van der Waals surface area contributed by atoms with Crippen molar-refractivity contribution in [3.8, 4) is 0 Å². The van der Waals surface area contributed by atoms with Gasteiger partial charge in [-0.1, -0.05) is 0 Å². The molecule has 1 nitrogen and oxygen atoms in total. The summed E-state index contributed by atoms with van der Waals surface area (Å²) in [5.41, 5.74) is 0.644. The molecule has 0 atom stereocenters. The number of halogens is 3. The maximum absolute atomic E-state index is 12.5. The van der Waals surface area contributed by atoms with Crippen molar-refractivity contribution >= 4 is 21.6 Å². The Morgan fingerprint density at radius 1 is 1.20 bits per heavy atom. The second-order valence-electron chi connectivity index (χ2n) is 3.37. The Bertz CT molecular complexity index is 513. The highest BCUT2D eigenvalue weighted by atomic mass is 32.1. The van der Waals surface area contributed by atoms with Crippen molar-refractivity contribution < 1.29 is 13.2 Å². The van der Waals surface area contributed by atoms with Crippen molar-refractivity contribution in [3.05, 3.63) is 28.3 Å². The van der Waals surface area contributed by atoms with Gasteiger partial charge in [-0.15, -0.1) is 11.3 Å². The van der Waals surface area contributed by atoms with Gasteiger partial charge in [0.2, 0.25) is 0 Å². The molecule has 0 aliphatic heterocycles. The molecule has 1 aromatic carbocycles. The number of nitrogens with zero attached hydrogens (tertiary/aromatic N) is 1. The predicted molar refractivity (Wildman–Crippen MR) is 54.1 cm³/mol. The van der Waals surface area contributed by atoms with Gasteiger partial charge in [-0.2, -0.15) is 13.2 Å². The van der Waals surface area contributed by atoms with Crippen LogP contribution in [0.15, 0.2) is 12.1 Å². The van der Waals surface area contributed by atoms with E-state index in [1.807, 2.05) is 0 Å². The maximum atomic E-state index is 12.5. The normalized spacial score (nSPS) is 12.3. The molecule has 15 heavy (non-hydrogen) atoms. The summed E-state index contributed by atoms with van der Waals surface area (Å²) in [5, 5.41) is 0.785. The van der Waals surface area contributed by atoms with Crippen LogP contribution in [0.3, 0.4) is 0 Å². The van der Waals surface area contributed by atoms with Crippen LogP contribution in [0.5, 0.6) is 0 Å². The average molecular weight is 231 g/mol. The van der Waals surface area contributed by atoms with Gasteiger partial charge >= 0.3 is 6.18 Å². The van der Waals surface area contributed by atoms with Crippen LogP contribution in [0.4, 0.5) is 13.2 Å². The minimum atomic E-state index is -4.28. The summed E-state index contributed by atoms with van der Waals surface area (Å²) in [7, 11) is 0. The molecule has 0 N–H and O–H groups in total. The van der Waals surface area contributed by atoms with Gasteiger partial charge in [0.1, 0.15) is 0 Å². The molecular weight excluding hydrogens is 223 g/mol. The van der Waals surface area contributed by atoms with Crippen molar-refractivity contribution in [3.63, 3.8) is 0 Å². The SMILES string of the molecule is Cc1nc2c(C)cc(C(F)(F)F)cc2s1. The Morgan fingerprint density at radius 3 is 2.47 bits per heavy atom. The van der Waals surface area contributed by atoms with E-state index in [9.17, 15) is 13.2 Å². The highest BCUT2D eigenvalue weighted by Crippen LogP contribution is 2.34.